The summed E-state index contributed by atoms with van der Waals surface area (Å²) < 4.78 is 0. The lowest BCUT2D eigenvalue weighted by molar-refractivity contribution is -0.136. The number of hydrogen-bond donors (Lipinski definition) is 2. The summed E-state index contributed by atoms with van der Waals surface area (Å²) in [5.41, 5.74) is 2.37. The van der Waals surface area contributed by atoms with Crippen molar-refractivity contribution in [3.63, 3.8) is 0 Å². The van der Waals surface area contributed by atoms with Crippen molar-refractivity contribution in [2.45, 2.75) is 25.7 Å². The van der Waals surface area contributed by atoms with Crippen LogP contribution in [0.25, 0.3) is 0 Å². The minimum atomic E-state index is -0.711. The smallest absolute Gasteiger partial charge is 0.313 e. The first-order valence-corrected chi connectivity index (χ1v) is 9.58. The number of piperidine rings is 1. The van der Waals surface area contributed by atoms with Gasteiger partial charge in [0.25, 0.3) is 0 Å². The van der Waals surface area contributed by atoms with Crippen molar-refractivity contribution < 1.29 is 14.4 Å². The van der Waals surface area contributed by atoms with E-state index in [4.69, 9.17) is 0 Å². The molecule has 0 unspecified atom stereocenters. The first kappa shape index (κ1) is 18.1. The number of carbonyl (C=O) groups excluding carboxylic acids is 3. The lowest BCUT2D eigenvalue weighted by Gasteiger charge is -2.27. The molecule has 1 saturated heterocycles. The van der Waals surface area contributed by atoms with Gasteiger partial charge in [0.1, 0.15) is 0 Å². The van der Waals surface area contributed by atoms with Crippen LogP contribution in [0, 0.1) is 0 Å². The number of benzene rings is 1. The van der Waals surface area contributed by atoms with Crippen LogP contribution in [0.1, 0.15) is 24.8 Å². The molecular formula is C19H21N3O3S. The van der Waals surface area contributed by atoms with Crippen LogP contribution < -0.4 is 15.5 Å². The predicted molar refractivity (Wildman–Crippen MR) is 102 cm³/mol. The van der Waals surface area contributed by atoms with Crippen molar-refractivity contribution in [2.75, 3.05) is 23.3 Å². The third kappa shape index (κ3) is 4.70. The number of carbonyl (C=O) groups is 3. The van der Waals surface area contributed by atoms with Gasteiger partial charge in [0, 0.05) is 30.9 Å². The van der Waals surface area contributed by atoms with E-state index >= 15 is 0 Å². The van der Waals surface area contributed by atoms with Crippen LogP contribution in [0.4, 0.5) is 11.4 Å². The topological polar surface area (TPSA) is 78.5 Å². The molecule has 3 amide bonds. The number of thiophene rings is 1. The number of amides is 3. The molecule has 0 spiro atoms. The van der Waals surface area contributed by atoms with E-state index < -0.39 is 11.8 Å². The molecule has 0 saturated carbocycles. The van der Waals surface area contributed by atoms with E-state index in [1.165, 1.54) is 0 Å². The summed E-state index contributed by atoms with van der Waals surface area (Å²) >= 11 is 1.60. The molecule has 1 aliphatic rings. The van der Waals surface area contributed by atoms with Gasteiger partial charge in [0.15, 0.2) is 0 Å². The average Bonchev–Trinajstić information content (AvgIpc) is 3.15. The van der Waals surface area contributed by atoms with Gasteiger partial charge in [-0.3, -0.25) is 14.4 Å². The summed E-state index contributed by atoms with van der Waals surface area (Å²) in [7, 11) is 0. The normalized spacial score (nSPS) is 14.2. The molecule has 6 nitrogen and oxygen atoms in total. The molecule has 1 fully saturated rings. The third-order valence-electron chi connectivity index (χ3n) is 4.22. The number of rotatable bonds is 5. The first-order chi connectivity index (χ1) is 12.6. The molecule has 0 atom stereocenters. The molecule has 2 N–H and O–H groups in total. The summed E-state index contributed by atoms with van der Waals surface area (Å²) in [6.07, 6.45) is 3.12. The number of nitrogens with one attached hydrogen (secondary N) is 2. The van der Waals surface area contributed by atoms with Crippen LogP contribution in [0.3, 0.4) is 0 Å². The van der Waals surface area contributed by atoms with Gasteiger partial charge < -0.3 is 15.5 Å². The molecule has 3 rings (SSSR count). The monoisotopic (exact) mass is 371 g/mol. The summed E-state index contributed by atoms with van der Waals surface area (Å²) in [4.78, 5) is 37.7. The van der Waals surface area contributed by atoms with Crippen molar-refractivity contribution in [1.82, 2.24) is 5.32 Å². The van der Waals surface area contributed by atoms with E-state index in [1.807, 2.05) is 22.9 Å². The van der Waals surface area contributed by atoms with Gasteiger partial charge >= 0.3 is 11.8 Å². The molecule has 1 aliphatic heterocycles. The fraction of sp³-hybridized carbons (Fsp3) is 0.316. The maximum atomic E-state index is 12.1. The molecule has 2 aromatic rings. The Morgan fingerprint density at radius 1 is 1.15 bits per heavy atom. The molecule has 1 aromatic carbocycles. The largest absolute Gasteiger partial charge is 0.347 e. The average molecular weight is 371 g/mol. The van der Waals surface area contributed by atoms with Gasteiger partial charge in [-0.1, -0.05) is 6.07 Å². The van der Waals surface area contributed by atoms with Crippen LogP contribution in [-0.4, -0.2) is 30.8 Å². The SMILES string of the molecule is O=C(NCCc1ccsc1)C(=O)Nc1cccc(N2CCCCC2=O)c1. The second kappa shape index (κ2) is 8.62. The summed E-state index contributed by atoms with van der Waals surface area (Å²) in [6, 6.07) is 9.01. The zero-order chi connectivity index (χ0) is 18.4. The van der Waals surface area contributed by atoms with Gasteiger partial charge in [-0.25, -0.2) is 0 Å². The summed E-state index contributed by atoms with van der Waals surface area (Å²) in [5.74, 6) is -1.29. The van der Waals surface area contributed by atoms with E-state index in [9.17, 15) is 14.4 Å². The fourth-order valence-electron chi connectivity index (χ4n) is 2.85. The molecule has 0 bridgehead atoms. The van der Waals surface area contributed by atoms with E-state index in [2.05, 4.69) is 10.6 Å². The van der Waals surface area contributed by atoms with Crippen LogP contribution in [-0.2, 0) is 20.8 Å². The Hall–Kier alpha value is -2.67. The summed E-state index contributed by atoms with van der Waals surface area (Å²) in [5, 5.41) is 9.20. The molecular weight excluding hydrogens is 350 g/mol. The maximum absolute atomic E-state index is 12.1. The highest BCUT2D eigenvalue weighted by molar-refractivity contribution is 7.07. The lowest BCUT2D eigenvalue weighted by Crippen LogP contribution is -2.37. The van der Waals surface area contributed by atoms with Crippen molar-refractivity contribution in [3.8, 4) is 0 Å². The van der Waals surface area contributed by atoms with E-state index in [1.54, 1.807) is 34.4 Å². The highest BCUT2D eigenvalue weighted by Crippen LogP contribution is 2.23. The Kier molecular flexibility index (Phi) is 6.01. The zero-order valence-electron chi connectivity index (χ0n) is 14.4. The highest BCUT2D eigenvalue weighted by Gasteiger charge is 2.20. The van der Waals surface area contributed by atoms with Gasteiger partial charge in [-0.05, 0) is 59.9 Å². The van der Waals surface area contributed by atoms with Gasteiger partial charge in [0.05, 0.1) is 0 Å². The van der Waals surface area contributed by atoms with E-state index in [0.29, 0.717) is 31.6 Å². The molecule has 1 aromatic heterocycles. The Labute approximate surface area is 156 Å². The number of anilines is 2. The highest BCUT2D eigenvalue weighted by atomic mass is 32.1. The lowest BCUT2D eigenvalue weighted by atomic mass is 10.1. The van der Waals surface area contributed by atoms with Crippen molar-refractivity contribution >= 4 is 40.4 Å². The Balaban J connectivity index is 1.54. The molecule has 136 valence electrons. The van der Waals surface area contributed by atoms with Crippen LogP contribution in [0.15, 0.2) is 41.1 Å². The number of nitrogens with zero attached hydrogens (tertiary/aromatic N) is 1. The molecule has 7 heteroatoms. The second-order valence-corrected chi connectivity index (χ2v) is 6.92. The Morgan fingerprint density at radius 3 is 2.81 bits per heavy atom. The minimum Gasteiger partial charge on any atom is -0.347 e. The van der Waals surface area contributed by atoms with Crippen LogP contribution in [0.2, 0.25) is 0 Å². The fourth-order valence-corrected chi connectivity index (χ4v) is 3.56. The zero-order valence-corrected chi connectivity index (χ0v) is 15.2. The van der Waals surface area contributed by atoms with Crippen LogP contribution >= 0.6 is 11.3 Å². The quantitative estimate of drug-likeness (QED) is 0.793. The van der Waals surface area contributed by atoms with Crippen molar-refractivity contribution in [1.29, 1.82) is 0 Å². The van der Waals surface area contributed by atoms with Gasteiger partial charge in [-0.2, -0.15) is 11.3 Å². The molecule has 0 aliphatic carbocycles. The summed E-state index contributed by atoms with van der Waals surface area (Å²) in [6.45, 7) is 1.09. The Bertz CT molecular complexity index is 789. The third-order valence-corrected chi connectivity index (χ3v) is 4.96. The molecule has 2 heterocycles. The van der Waals surface area contributed by atoms with Gasteiger partial charge in [0.2, 0.25) is 5.91 Å². The second-order valence-electron chi connectivity index (χ2n) is 6.14. The first-order valence-electron chi connectivity index (χ1n) is 8.64. The number of hydrogen-bond acceptors (Lipinski definition) is 4. The Morgan fingerprint density at radius 2 is 2.04 bits per heavy atom. The maximum Gasteiger partial charge on any atom is 0.313 e. The minimum absolute atomic E-state index is 0.0888. The van der Waals surface area contributed by atoms with Crippen LogP contribution in [0.5, 0.6) is 0 Å². The van der Waals surface area contributed by atoms with E-state index in [-0.39, 0.29) is 5.91 Å². The van der Waals surface area contributed by atoms with Gasteiger partial charge in [-0.15, -0.1) is 0 Å². The standard InChI is InChI=1S/C19H21N3O3S/c23-17-6-1-2-10-22(17)16-5-3-4-15(12-16)21-19(25)18(24)20-9-7-14-8-11-26-13-14/h3-5,8,11-13H,1-2,6-7,9-10H2,(H,20,24)(H,21,25). The van der Waals surface area contributed by atoms with Crippen molar-refractivity contribution in [3.05, 3.63) is 46.7 Å². The van der Waals surface area contributed by atoms with E-state index in [0.717, 1.165) is 24.1 Å². The molecule has 26 heavy (non-hydrogen) atoms. The van der Waals surface area contributed by atoms with Crippen molar-refractivity contribution in [2.24, 2.45) is 0 Å². The predicted octanol–water partition coefficient (Wildman–Crippen LogP) is 2.56. The molecule has 0 radical (unpaired) electrons.